The molecule has 1 aliphatic heterocycles. The summed E-state index contributed by atoms with van der Waals surface area (Å²) in [5, 5.41) is 19.8. The summed E-state index contributed by atoms with van der Waals surface area (Å²) in [6, 6.07) is 0. The van der Waals surface area contributed by atoms with Crippen LogP contribution in [0.15, 0.2) is 0 Å². The SMILES string of the molecule is CCOC(=O)C(CCOC1O[C@H](CO)[C@H](O)[C@H](OC(C)=O)[C@H]1OC(C)=O)C(=O)OCC. The molecule has 0 aromatic heterocycles. The van der Waals surface area contributed by atoms with Gasteiger partial charge in [0.25, 0.3) is 0 Å². The van der Waals surface area contributed by atoms with Gasteiger partial charge in [0.2, 0.25) is 0 Å². The summed E-state index contributed by atoms with van der Waals surface area (Å²) in [5.41, 5.74) is 0. The van der Waals surface area contributed by atoms with Crippen molar-refractivity contribution in [3.05, 3.63) is 0 Å². The lowest BCUT2D eigenvalue weighted by Crippen LogP contribution is -2.61. The quantitative estimate of drug-likeness (QED) is 0.226. The average Bonchev–Trinajstić information content (AvgIpc) is 2.69. The van der Waals surface area contributed by atoms with Crippen molar-refractivity contribution in [3.8, 4) is 0 Å². The van der Waals surface area contributed by atoms with E-state index in [9.17, 15) is 29.4 Å². The molecule has 0 aromatic carbocycles. The third-order valence-corrected chi connectivity index (χ3v) is 4.23. The Balaban J connectivity index is 2.96. The van der Waals surface area contributed by atoms with Gasteiger partial charge in [-0.2, -0.15) is 0 Å². The molecule has 0 aliphatic carbocycles. The minimum atomic E-state index is -1.50. The number of ether oxygens (including phenoxy) is 6. The zero-order chi connectivity index (χ0) is 23.6. The molecule has 1 heterocycles. The van der Waals surface area contributed by atoms with Crippen molar-refractivity contribution >= 4 is 23.9 Å². The first-order chi connectivity index (χ1) is 14.7. The van der Waals surface area contributed by atoms with Gasteiger partial charge in [0, 0.05) is 13.8 Å². The van der Waals surface area contributed by atoms with E-state index in [1.165, 1.54) is 0 Å². The zero-order valence-corrected chi connectivity index (χ0v) is 18.0. The fraction of sp³-hybridized carbons (Fsp3) is 0.789. The predicted molar refractivity (Wildman–Crippen MR) is 100 cm³/mol. The van der Waals surface area contributed by atoms with E-state index in [0.717, 1.165) is 13.8 Å². The van der Waals surface area contributed by atoms with Crippen molar-refractivity contribution in [2.45, 2.75) is 64.8 Å². The smallest absolute Gasteiger partial charge is 0.320 e. The van der Waals surface area contributed by atoms with Gasteiger partial charge in [-0.05, 0) is 20.3 Å². The molecule has 1 rings (SSSR count). The molecular formula is C19H30O12. The standard InChI is InChI=1S/C19H30O12/c1-5-26-17(24)12(18(25)27-6-2)7-8-28-19-16(30-11(4)22)15(29-10(3)21)14(23)13(9-20)31-19/h12-16,19-20,23H,5-9H2,1-4H3/t13-,14+,15+,16-,19?/m1/s1. The molecule has 31 heavy (non-hydrogen) atoms. The largest absolute Gasteiger partial charge is 0.465 e. The van der Waals surface area contributed by atoms with Crippen molar-refractivity contribution in [2.75, 3.05) is 26.4 Å². The molecule has 178 valence electrons. The van der Waals surface area contributed by atoms with Gasteiger partial charge >= 0.3 is 23.9 Å². The van der Waals surface area contributed by atoms with Gasteiger partial charge in [0.05, 0.1) is 26.4 Å². The maximum atomic E-state index is 12.1. The van der Waals surface area contributed by atoms with E-state index >= 15 is 0 Å². The molecule has 1 aliphatic rings. The summed E-state index contributed by atoms with van der Waals surface area (Å²) in [6.07, 6.45) is -6.93. The van der Waals surface area contributed by atoms with Gasteiger partial charge in [0.15, 0.2) is 24.4 Å². The van der Waals surface area contributed by atoms with E-state index in [2.05, 4.69) is 0 Å². The number of carbonyl (C=O) groups excluding carboxylic acids is 4. The lowest BCUT2D eigenvalue weighted by atomic mass is 9.98. The summed E-state index contributed by atoms with van der Waals surface area (Å²) in [4.78, 5) is 47.1. The second kappa shape index (κ2) is 13.2. The molecule has 2 N–H and O–H groups in total. The number of aliphatic hydroxyl groups excluding tert-OH is 2. The molecule has 0 saturated carbocycles. The Labute approximate surface area is 179 Å². The molecule has 0 aromatic rings. The fourth-order valence-corrected chi connectivity index (χ4v) is 2.94. The van der Waals surface area contributed by atoms with Crippen molar-refractivity contribution in [1.82, 2.24) is 0 Å². The molecule has 0 radical (unpaired) electrons. The topological polar surface area (TPSA) is 164 Å². The lowest BCUT2D eigenvalue weighted by Gasteiger charge is -2.42. The van der Waals surface area contributed by atoms with Crippen LogP contribution in [0.3, 0.4) is 0 Å². The van der Waals surface area contributed by atoms with E-state index in [1.54, 1.807) is 13.8 Å². The molecule has 1 fully saturated rings. The first-order valence-electron chi connectivity index (χ1n) is 9.89. The van der Waals surface area contributed by atoms with Gasteiger partial charge in [-0.15, -0.1) is 0 Å². The number of hydrogen-bond acceptors (Lipinski definition) is 12. The highest BCUT2D eigenvalue weighted by Gasteiger charge is 2.49. The molecule has 0 amide bonds. The van der Waals surface area contributed by atoms with Gasteiger partial charge < -0.3 is 38.6 Å². The van der Waals surface area contributed by atoms with Crippen LogP contribution in [0.1, 0.15) is 34.1 Å². The molecule has 12 heteroatoms. The van der Waals surface area contributed by atoms with Crippen LogP contribution in [-0.4, -0.2) is 91.2 Å². The highest BCUT2D eigenvalue weighted by atomic mass is 16.7. The highest BCUT2D eigenvalue weighted by Crippen LogP contribution is 2.27. The third-order valence-electron chi connectivity index (χ3n) is 4.23. The van der Waals surface area contributed by atoms with Crippen molar-refractivity contribution in [3.63, 3.8) is 0 Å². The van der Waals surface area contributed by atoms with Gasteiger partial charge in [-0.1, -0.05) is 0 Å². The van der Waals surface area contributed by atoms with Crippen molar-refractivity contribution < 1.29 is 57.8 Å². The average molecular weight is 450 g/mol. The number of esters is 4. The Morgan fingerprint density at radius 3 is 1.90 bits per heavy atom. The minimum Gasteiger partial charge on any atom is -0.465 e. The monoisotopic (exact) mass is 450 g/mol. The molecule has 1 saturated heterocycles. The Morgan fingerprint density at radius 2 is 1.45 bits per heavy atom. The molecule has 5 atom stereocenters. The molecule has 0 bridgehead atoms. The summed E-state index contributed by atoms with van der Waals surface area (Å²) < 4.78 is 30.9. The van der Waals surface area contributed by atoms with Crippen molar-refractivity contribution in [2.24, 2.45) is 5.92 Å². The lowest BCUT2D eigenvalue weighted by molar-refractivity contribution is -0.306. The van der Waals surface area contributed by atoms with Crippen LogP contribution in [-0.2, 0) is 47.6 Å². The zero-order valence-electron chi connectivity index (χ0n) is 18.0. The van der Waals surface area contributed by atoms with Crippen LogP contribution >= 0.6 is 0 Å². The summed E-state index contributed by atoms with van der Waals surface area (Å²) >= 11 is 0. The van der Waals surface area contributed by atoms with Gasteiger partial charge in [0.1, 0.15) is 12.2 Å². The third kappa shape index (κ3) is 8.05. The fourth-order valence-electron chi connectivity index (χ4n) is 2.94. The van der Waals surface area contributed by atoms with E-state index in [0.29, 0.717) is 0 Å². The highest BCUT2D eigenvalue weighted by molar-refractivity contribution is 5.94. The second-order valence-electron chi connectivity index (χ2n) is 6.58. The van der Waals surface area contributed by atoms with E-state index in [1.807, 2.05) is 0 Å². The van der Waals surface area contributed by atoms with Crippen molar-refractivity contribution in [1.29, 1.82) is 0 Å². The second-order valence-corrected chi connectivity index (χ2v) is 6.58. The van der Waals surface area contributed by atoms with E-state index < -0.39 is 67.1 Å². The Bertz CT molecular complexity index is 603. The maximum absolute atomic E-state index is 12.1. The predicted octanol–water partition coefficient (Wildman–Crippen LogP) is -0.923. The summed E-state index contributed by atoms with van der Waals surface area (Å²) in [5.74, 6) is -4.34. The Hall–Kier alpha value is -2.28. The molecule has 0 spiro atoms. The minimum absolute atomic E-state index is 0.0655. The number of carbonyl (C=O) groups is 4. The number of aliphatic hydroxyl groups is 2. The van der Waals surface area contributed by atoms with Crippen LogP contribution < -0.4 is 0 Å². The van der Waals surface area contributed by atoms with E-state index in [-0.39, 0.29) is 26.2 Å². The van der Waals surface area contributed by atoms with Gasteiger partial charge in [-0.25, -0.2) is 0 Å². The molecule has 1 unspecified atom stereocenters. The van der Waals surface area contributed by atoms with Crippen LogP contribution in [0.25, 0.3) is 0 Å². The van der Waals surface area contributed by atoms with Crippen LogP contribution in [0.4, 0.5) is 0 Å². The number of rotatable bonds is 11. The first-order valence-corrected chi connectivity index (χ1v) is 9.89. The summed E-state index contributed by atoms with van der Waals surface area (Å²) in [6.45, 7) is 4.62. The Kier molecular flexibility index (Phi) is 11.4. The maximum Gasteiger partial charge on any atom is 0.320 e. The van der Waals surface area contributed by atoms with Crippen LogP contribution in [0.2, 0.25) is 0 Å². The number of hydrogen-bond donors (Lipinski definition) is 2. The van der Waals surface area contributed by atoms with Crippen LogP contribution in [0, 0.1) is 5.92 Å². The first kappa shape index (κ1) is 26.8. The van der Waals surface area contributed by atoms with Gasteiger partial charge in [-0.3, -0.25) is 19.2 Å². The normalized spacial score (nSPS) is 25.6. The molecular weight excluding hydrogens is 420 g/mol. The van der Waals surface area contributed by atoms with E-state index in [4.69, 9.17) is 28.4 Å². The summed E-state index contributed by atoms with van der Waals surface area (Å²) in [7, 11) is 0. The Morgan fingerprint density at radius 1 is 0.935 bits per heavy atom. The van der Waals surface area contributed by atoms with Crippen LogP contribution in [0.5, 0.6) is 0 Å². The molecule has 12 nitrogen and oxygen atoms in total.